The van der Waals surface area contributed by atoms with Gasteiger partial charge in [-0.15, -0.1) is 11.3 Å². The number of anilines is 1. The molecule has 2 heterocycles. The third-order valence-corrected chi connectivity index (χ3v) is 3.64. The van der Waals surface area contributed by atoms with Gasteiger partial charge in [0.05, 0.1) is 18.8 Å². The third-order valence-electron chi connectivity index (χ3n) is 2.69. The molecule has 0 bridgehead atoms. The zero-order chi connectivity index (χ0) is 13.7. The maximum absolute atomic E-state index is 11.9. The van der Waals surface area contributed by atoms with Crippen molar-refractivity contribution in [2.45, 2.75) is 13.0 Å². The predicted octanol–water partition coefficient (Wildman–Crippen LogP) is 1.56. The summed E-state index contributed by atoms with van der Waals surface area (Å²) >= 11 is 1.58. The monoisotopic (exact) mass is 277 g/mol. The van der Waals surface area contributed by atoms with E-state index in [1.54, 1.807) is 23.7 Å². The van der Waals surface area contributed by atoms with Gasteiger partial charge in [-0.1, -0.05) is 0 Å². The van der Waals surface area contributed by atoms with E-state index in [9.17, 15) is 4.79 Å². The summed E-state index contributed by atoms with van der Waals surface area (Å²) in [4.78, 5) is 25.9. The fourth-order valence-corrected chi connectivity index (χ4v) is 2.30. The van der Waals surface area contributed by atoms with Crippen molar-refractivity contribution < 1.29 is 4.79 Å². The lowest BCUT2D eigenvalue weighted by molar-refractivity contribution is -0.117. The minimum atomic E-state index is -0.119. The van der Waals surface area contributed by atoms with Crippen LogP contribution >= 0.6 is 11.3 Å². The summed E-state index contributed by atoms with van der Waals surface area (Å²) in [7, 11) is 1.89. The number of thiazole rings is 1. The van der Waals surface area contributed by atoms with Crippen LogP contribution in [0.1, 0.15) is 18.0 Å². The molecule has 6 nitrogen and oxygen atoms in total. The highest BCUT2D eigenvalue weighted by molar-refractivity contribution is 7.09. The minimum Gasteiger partial charge on any atom is -0.308 e. The summed E-state index contributed by atoms with van der Waals surface area (Å²) in [6.45, 7) is 2.30. The van der Waals surface area contributed by atoms with E-state index in [4.69, 9.17) is 0 Å². The van der Waals surface area contributed by atoms with Gasteiger partial charge in [0.25, 0.3) is 0 Å². The Labute approximate surface area is 115 Å². The van der Waals surface area contributed by atoms with E-state index in [0.29, 0.717) is 5.82 Å². The Kier molecular flexibility index (Phi) is 4.53. The van der Waals surface area contributed by atoms with Crippen molar-refractivity contribution >= 4 is 23.1 Å². The van der Waals surface area contributed by atoms with Crippen molar-refractivity contribution in [3.05, 3.63) is 35.2 Å². The fraction of sp³-hybridized carbons (Fsp3) is 0.333. The van der Waals surface area contributed by atoms with Gasteiger partial charge >= 0.3 is 0 Å². The van der Waals surface area contributed by atoms with Crippen molar-refractivity contribution in [3.8, 4) is 0 Å². The van der Waals surface area contributed by atoms with Gasteiger partial charge in [0.2, 0.25) is 5.91 Å². The molecular weight excluding hydrogens is 262 g/mol. The molecule has 1 N–H and O–H groups in total. The lowest BCUT2D eigenvalue weighted by atomic mass is 10.3. The number of hydrogen-bond acceptors (Lipinski definition) is 6. The second-order valence-corrected chi connectivity index (χ2v) is 5.03. The van der Waals surface area contributed by atoms with Crippen LogP contribution < -0.4 is 5.32 Å². The SMILES string of the molecule is C[C@H](c1nccs1)N(C)CC(=O)Nc1cnccn1. The van der Waals surface area contributed by atoms with Crippen LogP contribution in [0.5, 0.6) is 0 Å². The van der Waals surface area contributed by atoms with Gasteiger partial charge in [-0.2, -0.15) is 0 Å². The summed E-state index contributed by atoms with van der Waals surface area (Å²) in [5, 5.41) is 5.63. The molecule has 2 aromatic heterocycles. The molecular formula is C12H15N5OS. The van der Waals surface area contributed by atoms with E-state index in [1.165, 1.54) is 12.4 Å². The van der Waals surface area contributed by atoms with Crippen LogP contribution in [0, 0.1) is 0 Å². The first-order chi connectivity index (χ1) is 9.16. The third kappa shape index (κ3) is 3.80. The second kappa shape index (κ2) is 6.35. The smallest absolute Gasteiger partial charge is 0.239 e. The number of rotatable bonds is 5. The molecule has 2 aromatic rings. The zero-order valence-electron chi connectivity index (χ0n) is 10.8. The Bertz CT molecular complexity index is 516. The maximum atomic E-state index is 11.9. The number of hydrogen-bond donors (Lipinski definition) is 1. The molecule has 2 rings (SSSR count). The lowest BCUT2D eigenvalue weighted by Crippen LogP contribution is -2.32. The van der Waals surface area contributed by atoms with Crippen LogP contribution in [0.2, 0.25) is 0 Å². The van der Waals surface area contributed by atoms with Gasteiger partial charge in [0, 0.05) is 24.0 Å². The summed E-state index contributed by atoms with van der Waals surface area (Å²) < 4.78 is 0. The highest BCUT2D eigenvalue weighted by Gasteiger charge is 2.16. The number of nitrogens with one attached hydrogen (secondary N) is 1. The highest BCUT2D eigenvalue weighted by atomic mass is 32.1. The van der Waals surface area contributed by atoms with Crippen LogP contribution in [0.4, 0.5) is 5.82 Å². The molecule has 1 amide bonds. The lowest BCUT2D eigenvalue weighted by Gasteiger charge is -2.21. The quantitative estimate of drug-likeness (QED) is 0.898. The topological polar surface area (TPSA) is 71.0 Å². The van der Waals surface area contributed by atoms with E-state index in [0.717, 1.165) is 5.01 Å². The molecule has 7 heteroatoms. The maximum Gasteiger partial charge on any atom is 0.239 e. The standard InChI is InChI=1S/C12H15N5OS/c1-9(12-15-5-6-19-12)17(2)8-11(18)16-10-7-13-3-4-14-10/h3-7,9H,8H2,1-2H3,(H,14,16,18)/t9-/m1/s1. The van der Waals surface area contributed by atoms with E-state index in [1.807, 2.05) is 24.3 Å². The number of nitrogens with zero attached hydrogens (tertiary/aromatic N) is 4. The Balaban J connectivity index is 1.88. The van der Waals surface area contributed by atoms with E-state index < -0.39 is 0 Å². The Morgan fingerprint density at radius 2 is 2.26 bits per heavy atom. The minimum absolute atomic E-state index is 0.104. The number of aromatic nitrogens is 3. The Morgan fingerprint density at radius 3 is 2.89 bits per heavy atom. The van der Waals surface area contributed by atoms with Gasteiger partial charge in [0.1, 0.15) is 5.01 Å². The van der Waals surface area contributed by atoms with Crippen molar-refractivity contribution in [3.63, 3.8) is 0 Å². The molecule has 0 spiro atoms. The van der Waals surface area contributed by atoms with Gasteiger partial charge in [-0.3, -0.25) is 14.7 Å². The van der Waals surface area contributed by atoms with Gasteiger partial charge in [0.15, 0.2) is 5.82 Å². The largest absolute Gasteiger partial charge is 0.308 e. The first kappa shape index (κ1) is 13.6. The van der Waals surface area contributed by atoms with Crippen molar-refractivity contribution in [1.82, 2.24) is 19.9 Å². The molecule has 0 aromatic carbocycles. The summed E-state index contributed by atoms with van der Waals surface area (Å²) in [6, 6.07) is 0.104. The number of carbonyl (C=O) groups is 1. The predicted molar refractivity (Wildman–Crippen MR) is 73.8 cm³/mol. The first-order valence-electron chi connectivity index (χ1n) is 5.82. The normalized spacial score (nSPS) is 12.4. The van der Waals surface area contributed by atoms with Gasteiger partial charge < -0.3 is 5.32 Å². The van der Waals surface area contributed by atoms with Gasteiger partial charge in [-0.25, -0.2) is 9.97 Å². The van der Waals surface area contributed by atoms with Crippen molar-refractivity contribution in [2.24, 2.45) is 0 Å². The van der Waals surface area contributed by atoms with Crippen LogP contribution in [0.25, 0.3) is 0 Å². The molecule has 0 radical (unpaired) electrons. The average Bonchev–Trinajstić information content (AvgIpc) is 2.92. The molecule has 0 aliphatic carbocycles. The molecule has 0 saturated heterocycles. The second-order valence-electron chi connectivity index (χ2n) is 4.10. The molecule has 0 aliphatic heterocycles. The molecule has 19 heavy (non-hydrogen) atoms. The Morgan fingerprint density at radius 1 is 1.42 bits per heavy atom. The molecule has 0 unspecified atom stereocenters. The van der Waals surface area contributed by atoms with E-state index in [-0.39, 0.29) is 18.5 Å². The molecule has 1 atom stereocenters. The number of amides is 1. The molecule has 0 saturated carbocycles. The number of carbonyl (C=O) groups excluding carboxylic acids is 1. The Hall–Kier alpha value is -1.86. The van der Waals surface area contributed by atoms with Crippen molar-refractivity contribution in [2.75, 3.05) is 18.9 Å². The molecule has 0 aliphatic rings. The van der Waals surface area contributed by atoms with E-state index >= 15 is 0 Å². The number of likely N-dealkylation sites (N-methyl/N-ethyl adjacent to an activating group) is 1. The fourth-order valence-electron chi connectivity index (χ4n) is 1.54. The zero-order valence-corrected chi connectivity index (χ0v) is 11.6. The van der Waals surface area contributed by atoms with Crippen LogP contribution in [0.15, 0.2) is 30.2 Å². The van der Waals surface area contributed by atoms with Crippen LogP contribution in [0.3, 0.4) is 0 Å². The van der Waals surface area contributed by atoms with Crippen LogP contribution in [-0.2, 0) is 4.79 Å². The summed E-state index contributed by atoms with van der Waals surface area (Å²) in [5.74, 6) is 0.342. The molecule has 100 valence electrons. The molecule has 0 fully saturated rings. The van der Waals surface area contributed by atoms with Gasteiger partial charge in [-0.05, 0) is 14.0 Å². The summed E-state index contributed by atoms with van der Waals surface area (Å²) in [6.07, 6.45) is 6.38. The van der Waals surface area contributed by atoms with E-state index in [2.05, 4.69) is 20.3 Å². The highest BCUT2D eigenvalue weighted by Crippen LogP contribution is 2.20. The average molecular weight is 277 g/mol. The van der Waals surface area contributed by atoms with Crippen LogP contribution in [-0.4, -0.2) is 39.4 Å². The first-order valence-corrected chi connectivity index (χ1v) is 6.70. The van der Waals surface area contributed by atoms with Crippen molar-refractivity contribution in [1.29, 1.82) is 0 Å². The summed E-state index contributed by atoms with van der Waals surface area (Å²) in [5.41, 5.74) is 0.